The van der Waals surface area contributed by atoms with Crippen molar-refractivity contribution >= 4 is 15.9 Å². The highest BCUT2D eigenvalue weighted by Gasteiger charge is 2.40. The van der Waals surface area contributed by atoms with Gasteiger partial charge in [-0.25, -0.2) is 8.42 Å². The molecule has 0 aromatic heterocycles. The van der Waals surface area contributed by atoms with Crippen LogP contribution in [0.5, 0.6) is 0 Å². The van der Waals surface area contributed by atoms with Gasteiger partial charge in [0.2, 0.25) is 0 Å². The molecule has 4 rings (SSSR count). The monoisotopic (exact) mass is 328 g/mol. The first kappa shape index (κ1) is 14.4. The van der Waals surface area contributed by atoms with Crippen molar-refractivity contribution < 1.29 is 13.5 Å². The summed E-state index contributed by atoms with van der Waals surface area (Å²) in [6.07, 6.45) is 1.48. The molecule has 1 heterocycles. The quantitative estimate of drug-likeness (QED) is 0.878. The van der Waals surface area contributed by atoms with Gasteiger partial charge in [-0.2, -0.15) is 0 Å². The van der Waals surface area contributed by atoms with E-state index in [1.165, 1.54) is 0 Å². The largest absolute Gasteiger partial charge is 0.393 e. The number of sulfonamides is 1. The van der Waals surface area contributed by atoms with E-state index < -0.39 is 15.6 Å². The zero-order chi connectivity index (χ0) is 16.1. The maximum Gasteiger partial charge on any atom is 0.263 e. The number of hydrogen-bond acceptors (Lipinski definition) is 4. The van der Waals surface area contributed by atoms with E-state index in [0.29, 0.717) is 17.8 Å². The molecule has 0 radical (unpaired) electrons. The molecule has 5 nitrogen and oxygen atoms in total. The number of aliphatic hydroxyl groups is 1. The molecule has 0 fully saturated rings. The third kappa shape index (κ3) is 2.09. The minimum atomic E-state index is -3.57. The molecule has 0 saturated heterocycles. The van der Waals surface area contributed by atoms with Gasteiger partial charge in [0.15, 0.2) is 0 Å². The fourth-order valence-electron chi connectivity index (χ4n) is 3.42. The third-order valence-electron chi connectivity index (χ3n) is 4.58. The van der Waals surface area contributed by atoms with Crippen molar-refractivity contribution in [3.05, 3.63) is 65.2 Å². The van der Waals surface area contributed by atoms with Crippen LogP contribution in [0.4, 0.5) is 0 Å². The van der Waals surface area contributed by atoms with E-state index in [1.807, 2.05) is 24.3 Å². The van der Waals surface area contributed by atoms with Crippen LogP contribution in [0.2, 0.25) is 0 Å². The van der Waals surface area contributed by atoms with Gasteiger partial charge in [0.05, 0.1) is 11.5 Å². The van der Waals surface area contributed by atoms with Crippen molar-refractivity contribution in [1.82, 2.24) is 4.72 Å². The summed E-state index contributed by atoms with van der Waals surface area (Å²) in [6, 6.07) is 14.6. The van der Waals surface area contributed by atoms with E-state index in [-0.39, 0.29) is 11.5 Å². The first-order valence-corrected chi connectivity index (χ1v) is 8.95. The molecule has 1 aliphatic heterocycles. The highest BCUT2D eigenvalue weighted by molar-refractivity contribution is 7.90. The van der Waals surface area contributed by atoms with E-state index in [2.05, 4.69) is 9.71 Å². The van der Waals surface area contributed by atoms with Crippen LogP contribution < -0.4 is 4.72 Å². The first-order valence-electron chi connectivity index (χ1n) is 7.47. The Bertz CT molecular complexity index is 921. The third-order valence-corrected chi connectivity index (χ3v) is 5.97. The number of aliphatic imine (C=N–C) groups is 1. The van der Waals surface area contributed by atoms with Crippen molar-refractivity contribution in [2.24, 2.45) is 4.99 Å². The Hall–Kier alpha value is -2.18. The van der Waals surface area contributed by atoms with E-state index in [1.54, 1.807) is 24.3 Å². The second-order valence-electron chi connectivity index (χ2n) is 5.91. The number of nitrogens with one attached hydrogen (secondary N) is 1. The summed E-state index contributed by atoms with van der Waals surface area (Å²) in [4.78, 5) is 4.91. The number of rotatable bonds is 2. The predicted octanol–water partition coefficient (Wildman–Crippen LogP) is 1.56. The Morgan fingerprint density at radius 1 is 1.13 bits per heavy atom. The number of aryl methyl sites for hydroxylation is 1. The fourth-order valence-corrected chi connectivity index (χ4v) is 4.65. The van der Waals surface area contributed by atoms with Crippen LogP contribution in [-0.4, -0.2) is 26.0 Å². The number of benzene rings is 2. The predicted molar refractivity (Wildman–Crippen MR) is 86.8 cm³/mol. The van der Waals surface area contributed by atoms with Gasteiger partial charge in [-0.3, -0.25) is 9.71 Å². The molecule has 0 bridgehead atoms. The minimum absolute atomic E-state index is 0.155. The van der Waals surface area contributed by atoms with Crippen LogP contribution in [0.15, 0.2) is 58.4 Å². The van der Waals surface area contributed by atoms with E-state index in [0.717, 1.165) is 17.5 Å². The van der Waals surface area contributed by atoms with E-state index in [9.17, 15) is 13.5 Å². The first-order chi connectivity index (χ1) is 11.1. The molecule has 23 heavy (non-hydrogen) atoms. The van der Waals surface area contributed by atoms with Gasteiger partial charge >= 0.3 is 0 Å². The number of fused-ring (bicyclic) bond motifs is 2. The van der Waals surface area contributed by atoms with E-state index >= 15 is 0 Å². The Labute approximate surface area is 134 Å². The van der Waals surface area contributed by atoms with Gasteiger partial charge in [0.1, 0.15) is 11.4 Å². The van der Waals surface area contributed by atoms with Crippen molar-refractivity contribution in [3.8, 4) is 0 Å². The molecular formula is C17H16N2O3S. The van der Waals surface area contributed by atoms with Gasteiger partial charge in [0, 0.05) is 5.56 Å². The molecule has 2 aromatic rings. The molecule has 1 atom stereocenters. The molecule has 2 N–H and O–H groups in total. The van der Waals surface area contributed by atoms with Gasteiger partial charge in [-0.1, -0.05) is 36.4 Å². The van der Waals surface area contributed by atoms with Crippen LogP contribution in [0.3, 0.4) is 0 Å². The summed E-state index contributed by atoms with van der Waals surface area (Å²) in [5, 5.41) is 10.0. The molecule has 1 aliphatic carbocycles. The average molecular weight is 328 g/mol. The smallest absolute Gasteiger partial charge is 0.263 e. The zero-order valence-corrected chi connectivity index (χ0v) is 13.2. The highest BCUT2D eigenvalue weighted by Crippen LogP contribution is 2.40. The second-order valence-corrected chi connectivity index (χ2v) is 7.56. The van der Waals surface area contributed by atoms with E-state index in [4.69, 9.17) is 0 Å². The Morgan fingerprint density at radius 3 is 2.70 bits per heavy atom. The lowest BCUT2D eigenvalue weighted by atomic mass is 9.93. The van der Waals surface area contributed by atoms with Gasteiger partial charge in [0.25, 0.3) is 10.0 Å². The van der Waals surface area contributed by atoms with Crippen molar-refractivity contribution in [2.45, 2.75) is 23.3 Å². The number of amidine groups is 1. The molecule has 1 unspecified atom stereocenters. The molecule has 0 amide bonds. The lowest BCUT2D eigenvalue weighted by Gasteiger charge is -2.24. The van der Waals surface area contributed by atoms with Gasteiger partial charge < -0.3 is 5.11 Å². The Morgan fingerprint density at radius 2 is 1.87 bits per heavy atom. The van der Waals surface area contributed by atoms with Crippen molar-refractivity contribution in [2.75, 3.05) is 6.61 Å². The summed E-state index contributed by atoms with van der Waals surface area (Å²) in [6.45, 7) is -0.155. The van der Waals surface area contributed by atoms with Gasteiger partial charge in [-0.15, -0.1) is 0 Å². The second kappa shape index (κ2) is 4.91. The molecule has 118 valence electrons. The zero-order valence-electron chi connectivity index (χ0n) is 12.4. The SMILES string of the molecule is O=S1(=O)NC(=NC2(CO)CCc3ccccc32)c2ccccc21. The van der Waals surface area contributed by atoms with Crippen LogP contribution in [0.25, 0.3) is 0 Å². The molecule has 0 spiro atoms. The Balaban J connectivity index is 1.89. The standard InChI is InChI=1S/C17H16N2O3S/c20-11-17(10-9-12-5-1-3-7-14(12)17)18-16-13-6-2-4-8-15(13)23(21,22)19-16/h1-8,20H,9-11H2,(H,18,19). The number of nitrogens with zero attached hydrogens (tertiary/aromatic N) is 1. The molecule has 0 saturated carbocycles. The topological polar surface area (TPSA) is 78.8 Å². The summed E-state index contributed by atoms with van der Waals surface area (Å²) in [5.41, 5.74) is 1.90. The minimum Gasteiger partial charge on any atom is -0.393 e. The van der Waals surface area contributed by atoms with Crippen LogP contribution in [0, 0.1) is 0 Å². The highest BCUT2D eigenvalue weighted by atomic mass is 32.2. The van der Waals surface area contributed by atoms with Crippen LogP contribution >= 0.6 is 0 Å². The van der Waals surface area contributed by atoms with Crippen molar-refractivity contribution in [3.63, 3.8) is 0 Å². The maximum atomic E-state index is 12.2. The molecular weight excluding hydrogens is 312 g/mol. The number of aliphatic hydroxyl groups excluding tert-OH is 1. The summed E-state index contributed by atoms with van der Waals surface area (Å²) in [7, 11) is -3.57. The van der Waals surface area contributed by atoms with Crippen LogP contribution in [-0.2, 0) is 22.0 Å². The fraction of sp³-hybridized carbons (Fsp3) is 0.235. The average Bonchev–Trinajstić information content (AvgIpc) is 3.05. The normalized spacial score (nSPS) is 25.9. The number of hydrogen-bond donors (Lipinski definition) is 2. The van der Waals surface area contributed by atoms with Crippen molar-refractivity contribution in [1.29, 1.82) is 0 Å². The molecule has 2 aromatic carbocycles. The molecule has 6 heteroatoms. The summed E-state index contributed by atoms with van der Waals surface area (Å²) < 4.78 is 27.0. The summed E-state index contributed by atoms with van der Waals surface area (Å²) >= 11 is 0. The van der Waals surface area contributed by atoms with Crippen LogP contribution in [0.1, 0.15) is 23.1 Å². The lowest BCUT2D eigenvalue weighted by molar-refractivity contribution is 0.198. The lowest BCUT2D eigenvalue weighted by Crippen LogP contribution is -2.31. The van der Waals surface area contributed by atoms with Gasteiger partial charge in [-0.05, 0) is 36.1 Å². The maximum absolute atomic E-state index is 12.2. The Kier molecular flexibility index (Phi) is 3.08. The summed E-state index contributed by atoms with van der Waals surface area (Å²) in [5.74, 6) is 0.311. The molecule has 2 aliphatic rings.